The van der Waals surface area contributed by atoms with Crippen molar-refractivity contribution in [1.82, 2.24) is 20.8 Å². The van der Waals surface area contributed by atoms with Crippen LogP contribution in [0.4, 0.5) is 0 Å². The number of aromatic amines is 1. The molecule has 0 aliphatic carbocycles. The molecule has 6 heteroatoms. The smallest absolute Gasteiger partial charge is 0.272 e. The number of piperidine rings is 1. The molecule has 0 radical (unpaired) electrons. The highest BCUT2D eigenvalue weighted by Gasteiger charge is 2.16. The van der Waals surface area contributed by atoms with Gasteiger partial charge in [-0.2, -0.15) is 5.10 Å². The number of aromatic nitrogens is 2. The number of carbonyl (C=O) groups excluding carboxylic acids is 1. The molecular formula is C16H20N4O2. The second kappa shape index (κ2) is 6.70. The van der Waals surface area contributed by atoms with Gasteiger partial charge < -0.3 is 10.6 Å². The Labute approximate surface area is 128 Å². The number of carbonyl (C=O) groups is 1. The summed E-state index contributed by atoms with van der Waals surface area (Å²) in [6.45, 7) is 2.74. The molecule has 3 rings (SSSR count). The van der Waals surface area contributed by atoms with Gasteiger partial charge in [-0.1, -0.05) is 18.2 Å². The fraction of sp³-hybridized carbons (Fsp3) is 0.438. The number of hydrogen-bond acceptors (Lipinski definition) is 4. The molecule has 22 heavy (non-hydrogen) atoms. The molecule has 1 fully saturated rings. The summed E-state index contributed by atoms with van der Waals surface area (Å²) in [4.78, 5) is 24.0. The van der Waals surface area contributed by atoms with Gasteiger partial charge >= 0.3 is 0 Å². The summed E-state index contributed by atoms with van der Waals surface area (Å²) >= 11 is 0. The van der Waals surface area contributed by atoms with Gasteiger partial charge in [0.15, 0.2) is 5.69 Å². The van der Waals surface area contributed by atoms with E-state index in [2.05, 4.69) is 20.8 Å². The Morgan fingerprint density at radius 2 is 2.14 bits per heavy atom. The summed E-state index contributed by atoms with van der Waals surface area (Å²) in [6, 6.07) is 7.02. The number of H-pyrrole nitrogens is 1. The Morgan fingerprint density at radius 3 is 2.91 bits per heavy atom. The number of hydrogen-bond donors (Lipinski definition) is 3. The molecule has 1 amide bonds. The van der Waals surface area contributed by atoms with Crippen LogP contribution in [0, 0.1) is 5.92 Å². The van der Waals surface area contributed by atoms with Crippen LogP contribution in [0.1, 0.15) is 29.8 Å². The van der Waals surface area contributed by atoms with Gasteiger partial charge in [-0.15, -0.1) is 0 Å². The number of amides is 1. The predicted molar refractivity (Wildman–Crippen MR) is 84.9 cm³/mol. The highest BCUT2D eigenvalue weighted by atomic mass is 16.2. The fourth-order valence-corrected chi connectivity index (χ4v) is 2.93. The number of benzene rings is 1. The van der Waals surface area contributed by atoms with Crippen LogP contribution in [0.2, 0.25) is 0 Å². The van der Waals surface area contributed by atoms with E-state index >= 15 is 0 Å². The lowest BCUT2D eigenvalue weighted by Crippen LogP contribution is -2.33. The first kappa shape index (κ1) is 14.7. The first-order chi connectivity index (χ1) is 10.8. The van der Waals surface area contributed by atoms with Crippen LogP contribution in [0.15, 0.2) is 29.1 Å². The number of nitrogens with zero attached hydrogens (tertiary/aromatic N) is 1. The van der Waals surface area contributed by atoms with Gasteiger partial charge in [0, 0.05) is 11.9 Å². The molecular weight excluding hydrogens is 280 g/mol. The van der Waals surface area contributed by atoms with Crippen molar-refractivity contribution in [2.24, 2.45) is 5.92 Å². The Balaban J connectivity index is 1.67. The van der Waals surface area contributed by atoms with Crippen LogP contribution < -0.4 is 16.2 Å². The van der Waals surface area contributed by atoms with Crippen LogP contribution in [0.5, 0.6) is 0 Å². The zero-order chi connectivity index (χ0) is 15.4. The molecule has 1 unspecified atom stereocenters. The molecule has 1 aliphatic rings. The summed E-state index contributed by atoms with van der Waals surface area (Å²) < 4.78 is 0. The van der Waals surface area contributed by atoms with E-state index in [1.54, 1.807) is 24.3 Å². The van der Waals surface area contributed by atoms with Crippen molar-refractivity contribution >= 4 is 16.7 Å². The molecule has 6 nitrogen and oxygen atoms in total. The van der Waals surface area contributed by atoms with E-state index in [-0.39, 0.29) is 17.2 Å². The van der Waals surface area contributed by atoms with E-state index in [1.807, 2.05) is 0 Å². The van der Waals surface area contributed by atoms with Crippen LogP contribution in [0.3, 0.4) is 0 Å². The summed E-state index contributed by atoms with van der Waals surface area (Å²) in [5.41, 5.74) is -0.00241. The average molecular weight is 300 g/mol. The summed E-state index contributed by atoms with van der Waals surface area (Å²) in [5.74, 6) is 0.380. The second-order valence-electron chi connectivity index (χ2n) is 5.70. The third-order valence-electron chi connectivity index (χ3n) is 4.15. The minimum atomic E-state index is -0.277. The molecule has 0 spiro atoms. The molecule has 3 N–H and O–H groups in total. The highest BCUT2D eigenvalue weighted by Crippen LogP contribution is 2.14. The Kier molecular flexibility index (Phi) is 4.48. The minimum Gasteiger partial charge on any atom is -0.351 e. The quantitative estimate of drug-likeness (QED) is 0.787. The molecule has 1 aromatic carbocycles. The zero-order valence-electron chi connectivity index (χ0n) is 12.4. The number of nitrogens with one attached hydrogen (secondary N) is 3. The molecule has 1 atom stereocenters. The molecule has 2 heterocycles. The predicted octanol–water partition coefficient (Wildman–Crippen LogP) is 1.04. The van der Waals surface area contributed by atoms with E-state index in [0.29, 0.717) is 23.2 Å². The van der Waals surface area contributed by atoms with Crippen molar-refractivity contribution in [3.05, 3.63) is 40.3 Å². The van der Waals surface area contributed by atoms with E-state index < -0.39 is 0 Å². The molecule has 1 saturated heterocycles. The Bertz CT molecular complexity index is 719. The normalized spacial score (nSPS) is 18.3. The summed E-state index contributed by atoms with van der Waals surface area (Å²) in [6.07, 6.45) is 3.37. The van der Waals surface area contributed by atoms with E-state index in [9.17, 15) is 9.59 Å². The third kappa shape index (κ3) is 3.17. The highest BCUT2D eigenvalue weighted by molar-refractivity contribution is 6.04. The second-order valence-corrected chi connectivity index (χ2v) is 5.70. The maximum Gasteiger partial charge on any atom is 0.272 e. The lowest BCUT2D eigenvalue weighted by atomic mass is 9.96. The number of fused-ring (bicyclic) bond motifs is 1. The molecule has 1 aliphatic heterocycles. The first-order valence-electron chi connectivity index (χ1n) is 7.72. The van der Waals surface area contributed by atoms with Crippen molar-refractivity contribution in [1.29, 1.82) is 0 Å². The van der Waals surface area contributed by atoms with Crippen LogP contribution in [0.25, 0.3) is 10.8 Å². The van der Waals surface area contributed by atoms with Gasteiger partial charge in [-0.05, 0) is 44.3 Å². The van der Waals surface area contributed by atoms with Gasteiger partial charge in [-0.25, -0.2) is 5.10 Å². The standard InChI is InChI=1S/C16H20N4O2/c21-15-13-6-2-1-5-12(13)14(19-20-15)16(22)18-9-7-11-4-3-8-17-10-11/h1-2,5-6,11,17H,3-4,7-10H2,(H,18,22)(H,20,21). The van der Waals surface area contributed by atoms with Gasteiger partial charge in [0.05, 0.1) is 5.39 Å². The van der Waals surface area contributed by atoms with Gasteiger partial charge in [0.1, 0.15) is 0 Å². The third-order valence-corrected chi connectivity index (χ3v) is 4.15. The Hall–Kier alpha value is -2.21. The van der Waals surface area contributed by atoms with Crippen molar-refractivity contribution in [2.45, 2.75) is 19.3 Å². The van der Waals surface area contributed by atoms with E-state index in [4.69, 9.17) is 0 Å². The maximum absolute atomic E-state index is 12.3. The summed E-state index contributed by atoms with van der Waals surface area (Å²) in [5, 5.41) is 13.6. The van der Waals surface area contributed by atoms with Gasteiger partial charge in [-0.3, -0.25) is 9.59 Å². The monoisotopic (exact) mass is 300 g/mol. The van der Waals surface area contributed by atoms with Crippen molar-refractivity contribution in [2.75, 3.05) is 19.6 Å². The fourth-order valence-electron chi connectivity index (χ4n) is 2.93. The van der Waals surface area contributed by atoms with Crippen molar-refractivity contribution < 1.29 is 4.79 Å². The molecule has 1 aromatic heterocycles. The largest absolute Gasteiger partial charge is 0.351 e. The molecule has 116 valence electrons. The minimum absolute atomic E-state index is 0.240. The molecule has 0 bridgehead atoms. The summed E-state index contributed by atoms with van der Waals surface area (Å²) in [7, 11) is 0. The van der Waals surface area contributed by atoms with Crippen molar-refractivity contribution in [3.8, 4) is 0 Å². The molecule has 2 aromatic rings. The van der Waals surface area contributed by atoms with Gasteiger partial charge in [0.25, 0.3) is 11.5 Å². The lowest BCUT2D eigenvalue weighted by molar-refractivity contribution is 0.0946. The molecule has 0 saturated carbocycles. The van der Waals surface area contributed by atoms with Gasteiger partial charge in [0.2, 0.25) is 0 Å². The Morgan fingerprint density at radius 1 is 1.32 bits per heavy atom. The van der Waals surface area contributed by atoms with E-state index in [1.165, 1.54) is 12.8 Å². The first-order valence-corrected chi connectivity index (χ1v) is 7.72. The topological polar surface area (TPSA) is 86.9 Å². The van der Waals surface area contributed by atoms with Crippen LogP contribution in [-0.2, 0) is 0 Å². The number of rotatable bonds is 4. The van der Waals surface area contributed by atoms with E-state index in [0.717, 1.165) is 19.5 Å². The van der Waals surface area contributed by atoms with Crippen molar-refractivity contribution in [3.63, 3.8) is 0 Å². The zero-order valence-corrected chi connectivity index (χ0v) is 12.4. The van der Waals surface area contributed by atoms with Crippen LogP contribution >= 0.6 is 0 Å². The van der Waals surface area contributed by atoms with Crippen LogP contribution in [-0.4, -0.2) is 35.7 Å². The average Bonchev–Trinajstić information content (AvgIpc) is 2.56. The lowest BCUT2D eigenvalue weighted by Gasteiger charge is -2.22. The SMILES string of the molecule is O=C(NCCC1CCCNC1)c1n[nH]c(=O)c2ccccc12. The maximum atomic E-state index is 12.3.